The number of amides is 3. The Balaban J connectivity index is 1.84. The first-order valence-corrected chi connectivity index (χ1v) is 16.2. The van der Waals surface area contributed by atoms with E-state index in [2.05, 4.69) is 28.0 Å². The standard InChI is InChI=1S/C28H41N5O5S2/c1-5-8-16-33(17-9-6-2)40(37,38)22-12-10-21(11-13-22)26(35)29-28-25(27(36)31-30-20(4)34)23-14-18-32(15-7-3)19-24(23)39-28/h10-13H,5-9,14-19H2,1-4H3,(H,29,35)(H,30,34)(H,31,36). The molecule has 1 aliphatic rings. The van der Waals surface area contributed by atoms with Crippen molar-refractivity contribution < 1.29 is 22.8 Å². The van der Waals surface area contributed by atoms with Gasteiger partial charge >= 0.3 is 0 Å². The van der Waals surface area contributed by atoms with Gasteiger partial charge in [0, 0.05) is 43.5 Å². The van der Waals surface area contributed by atoms with E-state index in [4.69, 9.17) is 0 Å². The maximum absolute atomic E-state index is 13.3. The Bertz CT molecular complexity index is 1280. The molecular formula is C28H41N5O5S2. The first-order chi connectivity index (χ1) is 19.1. The highest BCUT2D eigenvalue weighted by molar-refractivity contribution is 7.89. The molecule has 0 saturated carbocycles. The summed E-state index contributed by atoms with van der Waals surface area (Å²) < 4.78 is 28.1. The third-order valence-electron chi connectivity index (χ3n) is 6.76. The summed E-state index contributed by atoms with van der Waals surface area (Å²) in [5.74, 6) is -1.35. The van der Waals surface area contributed by atoms with Gasteiger partial charge in [0.1, 0.15) is 5.00 Å². The number of hydrazine groups is 1. The van der Waals surface area contributed by atoms with E-state index in [1.807, 2.05) is 13.8 Å². The Morgan fingerprint density at radius 1 is 0.950 bits per heavy atom. The monoisotopic (exact) mass is 591 g/mol. The molecule has 12 heteroatoms. The highest BCUT2D eigenvalue weighted by Gasteiger charge is 2.29. The van der Waals surface area contributed by atoms with Gasteiger partial charge in [-0.05, 0) is 62.1 Å². The molecule has 3 rings (SSSR count). The molecule has 0 unspecified atom stereocenters. The third kappa shape index (κ3) is 7.90. The fourth-order valence-corrected chi connectivity index (χ4v) is 7.42. The van der Waals surface area contributed by atoms with Crippen LogP contribution >= 0.6 is 11.3 Å². The second-order valence-electron chi connectivity index (χ2n) is 9.96. The maximum Gasteiger partial charge on any atom is 0.272 e. The van der Waals surface area contributed by atoms with Gasteiger partial charge in [0.05, 0.1) is 10.5 Å². The Hall–Kier alpha value is -2.80. The molecule has 0 saturated heterocycles. The summed E-state index contributed by atoms with van der Waals surface area (Å²) >= 11 is 1.35. The first-order valence-electron chi connectivity index (χ1n) is 14.0. The largest absolute Gasteiger partial charge is 0.313 e. The number of rotatable bonds is 13. The zero-order valence-corrected chi connectivity index (χ0v) is 25.5. The van der Waals surface area contributed by atoms with Crippen molar-refractivity contribution in [1.29, 1.82) is 0 Å². The minimum atomic E-state index is -3.68. The van der Waals surface area contributed by atoms with Gasteiger partial charge in [-0.3, -0.25) is 30.1 Å². The van der Waals surface area contributed by atoms with Crippen molar-refractivity contribution in [2.75, 3.05) is 31.5 Å². The molecular weight excluding hydrogens is 550 g/mol. The van der Waals surface area contributed by atoms with Crippen LogP contribution in [-0.4, -0.2) is 61.5 Å². The molecule has 1 aliphatic heterocycles. The number of fused-ring (bicyclic) bond motifs is 1. The van der Waals surface area contributed by atoms with Crippen molar-refractivity contribution in [2.45, 2.75) is 77.7 Å². The number of nitrogens with zero attached hydrogens (tertiary/aromatic N) is 2. The van der Waals surface area contributed by atoms with Crippen LogP contribution in [0.4, 0.5) is 5.00 Å². The number of unbranched alkanes of at least 4 members (excludes halogenated alkanes) is 2. The van der Waals surface area contributed by atoms with Crippen molar-refractivity contribution in [3.63, 3.8) is 0 Å². The molecule has 0 aliphatic carbocycles. The van der Waals surface area contributed by atoms with Crippen LogP contribution in [0.1, 0.15) is 91.0 Å². The van der Waals surface area contributed by atoms with E-state index in [1.54, 1.807) is 0 Å². The van der Waals surface area contributed by atoms with Gasteiger partial charge in [-0.15, -0.1) is 11.3 Å². The smallest absolute Gasteiger partial charge is 0.272 e. The van der Waals surface area contributed by atoms with Gasteiger partial charge in [-0.2, -0.15) is 4.31 Å². The van der Waals surface area contributed by atoms with Crippen LogP contribution < -0.4 is 16.2 Å². The van der Waals surface area contributed by atoms with Crippen LogP contribution in [-0.2, 0) is 27.8 Å². The maximum atomic E-state index is 13.3. The molecule has 1 aromatic carbocycles. The van der Waals surface area contributed by atoms with E-state index in [9.17, 15) is 22.8 Å². The van der Waals surface area contributed by atoms with Crippen molar-refractivity contribution in [2.24, 2.45) is 0 Å². The molecule has 2 heterocycles. The molecule has 2 aromatic rings. The molecule has 3 N–H and O–H groups in total. The van der Waals surface area contributed by atoms with E-state index in [0.29, 0.717) is 36.6 Å². The molecule has 0 fully saturated rings. The predicted octanol–water partition coefficient (Wildman–Crippen LogP) is 4.14. The van der Waals surface area contributed by atoms with Crippen LogP contribution in [0.2, 0.25) is 0 Å². The summed E-state index contributed by atoms with van der Waals surface area (Å²) in [5, 5.41) is 3.26. The quantitative estimate of drug-likeness (QED) is 0.301. The molecule has 10 nitrogen and oxygen atoms in total. The summed E-state index contributed by atoms with van der Waals surface area (Å²) in [7, 11) is -3.68. The fraction of sp³-hybridized carbons (Fsp3) is 0.536. The molecule has 3 amide bonds. The Labute approximate surface area is 241 Å². The number of nitrogens with one attached hydrogen (secondary N) is 3. The Morgan fingerprint density at radius 2 is 1.60 bits per heavy atom. The molecule has 40 heavy (non-hydrogen) atoms. The van der Waals surface area contributed by atoms with Crippen molar-refractivity contribution in [3.8, 4) is 0 Å². The van der Waals surface area contributed by atoms with Crippen LogP contribution in [0.5, 0.6) is 0 Å². The van der Waals surface area contributed by atoms with E-state index < -0.39 is 27.7 Å². The summed E-state index contributed by atoms with van der Waals surface area (Å²) in [6, 6.07) is 5.91. The van der Waals surface area contributed by atoms with Crippen molar-refractivity contribution >= 4 is 44.1 Å². The molecule has 0 spiro atoms. The highest BCUT2D eigenvalue weighted by Crippen LogP contribution is 2.37. The van der Waals surface area contributed by atoms with Crippen LogP contribution in [0, 0.1) is 0 Å². The zero-order chi connectivity index (χ0) is 29.3. The Morgan fingerprint density at radius 3 is 2.17 bits per heavy atom. The Kier molecular flexibility index (Phi) is 11.7. The van der Waals surface area contributed by atoms with E-state index >= 15 is 0 Å². The average Bonchev–Trinajstić information content (AvgIpc) is 3.28. The second kappa shape index (κ2) is 14.7. The number of hydrogen-bond acceptors (Lipinski definition) is 7. The number of sulfonamides is 1. The average molecular weight is 592 g/mol. The number of benzene rings is 1. The minimum Gasteiger partial charge on any atom is -0.313 e. The molecule has 0 bridgehead atoms. The van der Waals surface area contributed by atoms with Gasteiger partial charge in [-0.25, -0.2) is 8.42 Å². The SMILES string of the molecule is CCCCN(CCCC)S(=O)(=O)c1ccc(C(=O)Nc2sc3c(c2C(=O)NNC(C)=O)CCN(CCC)C3)cc1. The van der Waals surface area contributed by atoms with Gasteiger partial charge in [0.25, 0.3) is 11.8 Å². The topological polar surface area (TPSA) is 128 Å². The van der Waals surface area contributed by atoms with Gasteiger partial charge in [0.2, 0.25) is 15.9 Å². The minimum absolute atomic E-state index is 0.147. The normalized spacial score (nSPS) is 13.6. The lowest BCUT2D eigenvalue weighted by Crippen LogP contribution is -2.41. The predicted molar refractivity (Wildman–Crippen MR) is 158 cm³/mol. The van der Waals surface area contributed by atoms with Gasteiger partial charge in [-0.1, -0.05) is 33.6 Å². The zero-order valence-electron chi connectivity index (χ0n) is 23.8. The lowest BCUT2D eigenvalue weighted by atomic mass is 10.0. The van der Waals surface area contributed by atoms with E-state index in [1.165, 1.54) is 46.8 Å². The molecule has 1 aromatic heterocycles. The van der Waals surface area contributed by atoms with Crippen LogP contribution in [0.25, 0.3) is 0 Å². The van der Waals surface area contributed by atoms with Crippen LogP contribution in [0.3, 0.4) is 0 Å². The third-order valence-corrected chi connectivity index (χ3v) is 9.80. The van der Waals surface area contributed by atoms with Crippen molar-refractivity contribution in [1.82, 2.24) is 20.1 Å². The summed E-state index contributed by atoms with van der Waals surface area (Å²) in [6.07, 6.45) is 5.02. The number of thiophene rings is 1. The van der Waals surface area contributed by atoms with E-state index in [0.717, 1.165) is 55.6 Å². The highest BCUT2D eigenvalue weighted by atomic mass is 32.2. The van der Waals surface area contributed by atoms with Crippen molar-refractivity contribution in [3.05, 3.63) is 45.8 Å². The molecule has 0 radical (unpaired) electrons. The lowest BCUT2D eigenvalue weighted by molar-refractivity contribution is -0.119. The lowest BCUT2D eigenvalue weighted by Gasteiger charge is -2.26. The molecule has 220 valence electrons. The van der Waals surface area contributed by atoms with Gasteiger partial charge in [0.15, 0.2) is 0 Å². The number of carbonyl (C=O) groups is 3. The second-order valence-corrected chi connectivity index (χ2v) is 13.0. The molecule has 0 atom stereocenters. The van der Waals surface area contributed by atoms with Gasteiger partial charge < -0.3 is 5.32 Å². The number of anilines is 1. The van der Waals surface area contributed by atoms with Crippen LogP contribution in [0.15, 0.2) is 29.2 Å². The van der Waals surface area contributed by atoms with E-state index in [-0.39, 0.29) is 10.5 Å². The summed E-state index contributed by atoms with van der Waals surface area (Å²) in [4.78, 5) is 41.1. The first kappa shape index (κ1) is 31.7. The summed E-state index contributed by atoms with van der Waals surface area (Å²) in [6.45, 7) is 10.8. The fourth-order valence-electron chi connectivity index (χ4n) is 4.62. The number of carbonyl (C=O) groups excluding carboxylic acids is 3. The summed E-state index contributed by atoms with van der Waals surface area (Å²) in [5.41, 5.74) is 6.23. The number of hydrogen-bond donors (Lipinski definition) is 3.